The molecule has 0 bridgehead atoms. The highest BCUT2D eigenvalue weighted by molar-refractivity contribution is 7.16. The zero-order valence-corrected chi connectivity index (χ0v) is 19.1. The van der Waals surface area contributed by atoms with Crippen molar-refractivity contribution in [3.8, 4) is 6.07 Å². The van der Waals surface area contributed by atoms with E-state index < -0.39 is 6.09 Å². The second kappa shape index (κ2) is 10.3. The van der Waals surface area contributed by atoms with Gasteiger partial charge in [-0.15, -0.1) is 11.3 Å². The van der Waals surface area contributed by atoms with Crippen LogP contribution in [0.5, 0.6) is 0 Å². The minimum atomic E-state index is -0.397. The minimum absolute atomic E-state index is 0.0666. The molecule has 0 saturated heterocycles. The number of pyridine rings is 1. The number of anilines is 1. The van der Waals surface area contributed by atoms with Crippen molar-refractivity contribution in [2.45, 2.75) is 38.8 Å². The van der Waals surface area contributed by atoms with Crippen molar-refractivity contribution in [2.24, 2.45) is 0 Å². The van der Waals surface area contributed by atoms with Crippen LogP contribution in [0.2, 0.25) is 0 Å². The predicted octanol–water partition coefficient (Wildman–Crippen LogP) is 4.84. The van der Waals surface area contributed by atoms with Gasteiger partial charge in [0.15, 0.2) is 0 Å². The highest BCUT2D eigenvalue weighted by Crippen LogP contribution is 2.37. The van der Waals surface area contributed by atoms with Crippen molar-refractivity contribution in [3.05, 3.63) is 82.0 Å². The smallest absolute Gasteiger partial charge is 0.410 e. The molecule has 3 heterocycles. The summed E-state index contributed by atoms with van der Waals surface area (Å²) in [5.41, 5.74) is 3.38. The Morgan fingerprint density at radius 3 is 2.73 bits per heavy atom. The number of rotatable bonds is 6. The highest BCUT2D eigenvalue weighted by atomic mass is 32.1. The van der Waals surface area contributed by atoms with Crippen molar-refractivity contribution in [1.82, 2.24) is 9.88 Å². The Labute approximate surface area is 196 Å². The minimum Gasteiger partial charge on any atom is -0.445 e. The van der Waals surface area contributed by atoms with Gasteiger partial charge in [0, 0.05) is 30.2 Å². The molecular formula is C25H24N4O3S. The zero-order valence-electron chi connectivity index (χ0n) is 18.3. The molecule has 0 aliphatic carbocycles. The van der Waals surface area contributed by atoms with Crippen LogP contribution in [0.25, 0.3) is 0 Å². The Balaban J connectivity index is 1.39. The lowest BCUT2D eigenvalue weighted by Gasteiger charge is -2.26. The first-order valence-electron chi connectivity index (χ1n) is 10.7. The van der Waals surface area contributed by atoms with E-state index in [4.69, 9.17) is 4.74 Å². The number of thiophene rings is 1. The number of fused-ring (bicyclic) bond motifs is 1. The molecule has 8 heteroatoms. The van der Waals surface area contributed by atoms with Crippen LogP contribution in [-0.4, -0.2) is 28.4 Å². The normalized spacial score (nSPS) is 13.5. The molecule has 2 aromatic heterocycles. The third-order valence-corrected chi connectivity index (χ3v) is 6.78. The summed E-state index contributed by atoms with van der Waals surface area (Å²) in [6.07, 6.45) is 3.79. The first-order valence-corrected chi connectivity index (χ1v) is 11.6. The standard InChI is InChI=1S/C25H24N4O3S/c1-17(19-5-3-2-4-6-19)13-23(30)28-24-21(14-26)20-9-12-29(15-22(20)33-24)25(31)32-16-18-7-10-27-11-8-18/h2-8,10-11,17H,9,12-13,15-16H2,1H3,(H,28,30)/t17-/m0/s1. The molecule has 168 valence electrons. The number of nitriles is 1. The average molecular weight is 461 g/mol. The SMILES string of the molecule is C[C@@H](CC(=O)Nc1sc2c(c1C#N)CCN(C(=O)OCc1ccncc1)C2)c1ccccc1. The van der Waals surface area contributed by atoms with Gasteiger partial charge in [-0.1, -0.05) is 37.3 Å². The van der Waals surface area contributed by atoms with Crippen molar-refractivity contribution in [1.29, 1.82) is 5.26 Å². The maximum absolute atomic E-state index is 12.7. The number of ether oxygens (including phenoxy) is 1. The number of hydrogen-bond acceptors (Lipinski definition) is 6. The molecule has 1 atom stereocenters. The number of hydrogen-bond donors (Lipinski definition) is 1. The Bertz CT molecular complexity index is 1170. The van der Waals surface area contributed by atoms with Crippen LogP contribution in [-0.2, 0) is 29.1 Å². The van der Waals surface area contributed by atoms with Crippen LogP contribution >= 0.6 is 11.3 Å². The Morgan fingerprint density at radius 1 is 1.24 bits per heavy atom. The van der Waals surface area contributed by atoms with Crippen molar-refractivity contribution < 1.29 is 14.3 Å². The molecule has 1 aliphatic rings. The molecule has 1 aliphatic heterocycles. The van der Waals surface area contributed by atoms with Crippen LogP contribution in [0, 0.1) is 11.3 Å². The number of nitrogens with zero attached hydrogens (tertiary/aromatic N) is 3. The first-order chi connectivity index (χ1) is 16.0. The second-order valence-corrected chi connectivity index (χ2v) is 9.07. The van der Waals surface area contributed by atoms with E-state index in [-0.39, 0.29) is 18.4 Å². The fourth-order valence-corrected chi connectivity index (χ4v) is 5.07. The van der Waals surface area contributed by atoms with Crippen molar-refractivity contribution >= 4 is 28.3 Å². The number of carbonyl (C=O) groups is 2. The Morgan fingerprint density at radius 2 is 2.00 bits per heavy atom. The predicted molar refractivity (Wildman–Crippen MR) is 126 cm³/mol. The van der Waals surface area contributed by atoms with Crippen LogP contribution < -0.4 is 5.32 Å². The summed E-state index contributed by atoms with van der Waals surface area (Å²) in [6, 6.07) is 15.7. The molecule has 3 aromatic rings. The number of nitrogens with one attached hydrogen (secondary N) is 1. The lowest BCUT2D eigenvalue weighted by Crippen LogP contribution is -2.35. The van der Waals surface area contributed by atoms with E-state index in [0.717, 1.165) is 21.6 Å². The molecule has 7 nitrogen and oxygen atoms in total. The number of amides is 2. The molecular weight excluding hydrogens is 436 g/mol. The highest BCUT2D eigenvalue weighted by Gasteiger charge is 2.28. The van der Waals surface area contributed by atoms with Crippen molar-refractivity contribution in [3.63, 3.8) is 0 Å². The van der Waals surface area contributed by atoms with Gasteiger partial charge in [-0.3, -0.25) is 9.78 Å². The molecule has 0 saturated carbocycles. The summed E-state index contributed by atoms with van der Waals surface area (Å²) in [6.45, 7) is 3.01. The van der Waals surface area contributed by atoms with E-state index in [1.165, 1.54) is 11.3 Å². The van der Waals surface area contributed by atoms with Crippen LogP contribution in [0.15, 0.2) is 54.9 Å². The summed E-state index contributed by atoms with van der Waals surface area (Å²) >= 11 is 1.36. The maximum atomic E-state index is 12.7. The molecule has 33 heavy (non-hydrogen) atoms. The second-order valence-electron chi connectivity index (χ2n) is 7.97. The summed E-state index contributed by atoms with van der Waals surface area (Å²) in [7, 11) is 0. The fraction of sp³-hybridized carbons (Fsp3) is 0.280. The van der Waals surface area contributed by atoms with E-state index in [2.05, 4.69) is 16.4 Å². The van der Waals surface area contributed by atoms with E-state index >= 15 is 0 Å². The van der Waals surface area contributed by atoms with Gasteiger partial charge < -0.3 is 15.0 Å². The van der Waals surface area contributed by atoms with E-state index in [1.54, 1.807) is 29.4 Å². The van der Waals surface area contributed by atoms with Gasteiger partial charge in [0.1, 0.15) is 17.7 Å². The van der Waals surface area contributed by atoms with Crippen LogP contribution in [0.4, 0.5) is 9.80 Å². The van der Waals surface area contributed by atoms with Gasteiger partial charge in [-0.25, -0.2) is 4.79 Å². The van der Waals surface area contributed by atoms with E-state index in [1.807, 2.05) is 37.3 Å². The molecule has 0 spiro atoms. The molecule has 2 amide bonds. The maximum Gasteiger partial charge on any atom is 0.410 e. The lowest BCUT2D eigenvalue weighted by molar-refractivity contribution is -0.116. The number of aromatic nitrogens is 1. The van der Waals surface area contributed by atoms with Gasteiger partial charge in [0.25, 0.3) is 0 Å². The van der Waals surface area contributed by atoms with Gasteiger partial charge in [0.05, 0.1) is 12.1 Å². The van der Waals surface area contributed by atoms with Crippen LogP contribution in [0.3, 0.4) is 0 Å². The molecule has 4 rings (SSSR count). The molecule has 0 fully saturated rings. The Kier molecular flexibility index (Phi) is 7.01. The zero-order chi connectivity index (χ0) is 23.2. The monoisotopic (exact) mass is 460 g/mol. The fourth-order valence-electron chi connectivity index (χ4n) is 3.84. The summed E-state index contributed by atoms with van der Waals surface area (Å²) in [5, 5.41) is 13.2. The quantitative estimate of drug-likeness (QED) is 0.568. The van der Waals surface area contributed by atoms with Crippen molar-refractivity contribution in [2.75, 3.05) is 11.9 Å². The first kappa shape index (κ1) is 22.5. The molecule has 1 N–H and O–H groups in total. The van der Waals surface area contributed by atoms with Gasteiger partial charge >= 0.3 is 6.09 Å². The summed E-state index contributed by atoms with van der Waals surface area (Å²) in [4.78, 5) is 31.7. The summed E-state index contributed by atoms with van der Waals surface area (Å²) in [5.74, 6) is -0.0629. The largest absolute Gasteiger partial charge is 0.445 e. The third-order valence-electron chi connectivity index (χ3n) is 5.65. The van der Waals surface area contributed by atoms with Gasteiger partial charge in [-0.2, -0.15) is 5.26 Å². The van der Waals surface area contributed by atoms with Gasteiger partial charge in [-0.05, 0) is 41.2 Å². The topological polar surface area (TPSA) is 95.3 Å². The number of benzene rings is 1. The summed E-state index contributed by atoms with van der Waals surface area (Å²) < 4.78 is 5.43. The molecule has 1 aromatic carbocycles. The van der Waals surface area contributed by atoms with E-state index in [9.17, 15) is 14.9 Å². The third kappa shape index (κ3) is 5.38. The molecule has 0 unspecified atom stereocenters. The molecule has 0 radical (unpaired) electrons. The van der Waals surface area contributed by atoms with Crippen LogP contribution in [0.1, 0.15) is 46.4 Å². The van der Waals surface area contributed by atoms with E-state index in [0.29, 0.717) is 36.5 Å². The lowest BCUT2D eigenvalue weighted by atomic mass is 9.97. The average Bonchev–Trinajstić information content (AvgIpc) is 3.19. The van der Waals surface area contributed by atoms with Gasteiger partial charge in [0.2, 0.25) is 5.91 Å². The number of carbonyl (C=O) groups excluding carboxylic acids is 2. The Hall–Kier alpha value is -3.70.